The largest absolute Gasteiger partial charge is 0.468 e. The Bertz CT molecular complexity index is 307. The predicted octanol–water partition coefficient (Wildman–Crippen LogP) is 2.52. The quantitative estimate of drug-likeness (QED) is 0.605. The Morgan fingerprint density at radius 1 is 1.59 bits per heavy atom. The number of hydrogen-bond donors (Lipinski definition) is 1. The second-order valence-electron chi connectivity index (χ2n) is 5.79. The molecule has 98 valence electrons. The number of rotatable bonds is 4. The molecule has 17 heavy (non-hydrogen) atoms. The molecule has 0 aromatic rings. The third-order valence-corrected chi connectivity index (χ3v) is 3.41. The molecule has 2 atom stereocenters. The monoisotopic (exact) mass is 239 g/mol. The van der Waals surface area contributed by atoms with Crippen LogP contribution in [0.5, 0.6) is 0 Å². The summed E-state index contributed by atoms with van der Waals surface area (Å²) in [5, 5.41) is 3.32. The minimum Gasteiger partial charge on any atom is -0.468 e. The lowest BCUT2D eigenvalue weighted by atomic mass is 9.83. The highest BCUT2D eigenvalue weighted by Gasteiger charge is 2.29. The van der Waals surface area contributed by atoms with Gasteiger partial charge in [-0.15, -0.1) is 0 Å². The van der Waals surface area contributed by atoms with Crippen LogP contribution in [0.2, 0.25) is 0 Å². The fourth-order valence-electron chi connectivity index (χ4n) is 2.57. The SMILES string of the molecule is COC(=O)C(C)(C)NCC1CC(C)=CC(C)C1. The smallest absolute Gasteiger partial charge is 0.325 e. The first kappa shape index (κ1) is 14.2. The van der Waals surface area contributed by atoms with E-state index in [0.717, 1.165) is 13.0 Å². The van der Waals surface area contributed by atoms with Gasteiger partial charge in [0.1, 0.15) is 5.54 Å². The maximum absolute atomic E-state index is 11.5. The van der Waals surface area contributed by atoms with Gasteiger partial charge in [0.05, 0.1) is 7.11 Å². The second kappa shape index (κ2) is 5.67. The molecular formula is C14H25NO2. The van der Waals surface area contributed by atoms with E-state index in [4.69, 9.17) is 4.74 Å². The van der Waals surface area contributed by atoms with Crippen LogP contribution in [0.15, 0.2) is 11.6 Å². The molecule has 0 radical (unpaired) electrons. The van der Waals surface area contributed by atoms with Crippen molar-refractivity contribution < 1.29 is 9.53 Å². The Kier molecular flexibility index (Phi) is 4.75. The van der Waals surface area contributed by atoms with Crippen LogP contribution in [-0.2, 0) is 9.53 Å². The van der Waals surface area contributed by atoms with Gasteiger partial charge in [-0.1, -0.05) is 18.6 Å². The summed E-state index contributed by atoms with van der Waals surface area (Å²) >= 11 is 0. The molecule has 0 amide bonds. The molecule has 1 aliphatic rings. The Morgan fingerprint density at radius 3 is 2.76 bits per heavy atom. The summed E-state index contributed by atoms with van der Waals surface area (Å²) < 4.78 is 4.78. The zero-order valence-corrected chi connectivity index (χ0v) is 11.7. The van der Waals surface area contributed by atoms with E-state index in [-0.39, 0.29) is 5.97 Å². The van der Waals surface area contributed by atoms with Crippen LogP contribution in [0.4, 0.5) is 0 Å². The molecule has 0 aliphatic heterocycles. The summed E-state index contributed by atoms with van der Waals surface area (Å²) in [6.45, 7) is 9.05. The Labute approximate surface area is 105 Å². The van der Waals surface area contributed by atoms with Crippen molar-refractivity contribution in [1.29, 1.82) is 0 Å². The van der Waals surface area contributed by atoms with Crippen LogP contribution in [0.1, 0.15) is 40.5 Å². The number of esters is 1. The van der Waals surface area contributed by atoms with E-state index in [1.165, 1.54) is 19.1 Å². The Morgan fingerprint density at radius 2 is 2.24 bits per heavy atom. The lowest BCUT2D eigenvalue weighted by molar-refractivity contribution is -0.147. The Hall–Kier alpha value is -0.830. The molecule has 0 aromatic heterocycles. The van der Waals surface area contributed by atoms with Crippen LogP contribution in [0.3, 0.4) is 0 Å². The summed E-state index contributed by atoms with van der Waals surface area (Å²) in [4.78, 5) is 11.5. The zero-order chi connectivity index (χ0) is 13.1. The van der Waals surface area contributed by atoms with Crippen LogP contribution in [-0.4, -0.2) is 25.2 Å². The summed E-state index contributed by atoms with van der Waals surface area (Å²) in [6, 6.07) is 0. The van der Waals surface area contributed by atoms with Gasteiger partial charge < -0.3 is 10.1 Å². The summed E-state index contributed by atoms with van der Waals surface area (Å²) in [5.41, 5.74) is 0.874. The first-order chi connectivity index (χ1) is 7.85. The highest BCUT2D eigenvalue weighted by Crippen LogP contribution is 2.27. The van der Waals surface area contributed by atoms with E-state index < -0.39 is 5.54 Å². The van der Waals surface area contributed by atoms with Gasteiger partial charge in [0.2, 0.25) is 0 Å². The number of carbonyl (C=O) groups excluding carboxylic acids is 1. The van der Waals surface area contributed by atoms with Gasteiger partial charge in [-0.3, -0.25) is 4.79 Å². The van der Waals surface area contributed by atoms with Crippen molar-refractivity contribution in [2.75, 3.05) is 13.7 Å². The molecule has 1 N–H and O–H groups in total. The lowest BCUT2D eigenvalue weighted by Gasteiger charge is -2.30. The van der Waals surface area contributed by atoms with E-state index in [0.29, 0.717) is 11.8 Å². The van der Waals surface area contributed by atoms with Gasteiger partial charge in [-0.05, 0) is 52.0 Å². The van der Waals surface area contributed by atoms with Gasteiger partial charge in [-0.25, -0.2) is 0 Å². The maximum atomic E-state index is 11.5. The minimum absolute atomic E-state index is 0.200. The standard InChI is InChI=1S/C14H25NO2/c1-10-6-11(2)8-12(7-10)9-15-14(3,4)13(16)17-5/h6,10,12,15H,7-9H2,1-5H3. The van der Waals surface area contributed by atoms with Crippen LogP contribution in [0.25, 0.3) is 0 Å². The molecule has 0 heterocycles. The third-order valence-electron chi connectivity index (χ3n) is 3.41. The van der Waals surface area contributed by atoms with E-state index in [2.05, 4.69) is 25.2 Å². The number of methoxy groups -OCH3 is 1. The summed E-state index contributed by atoms with van der Waals surface area (Å²) in [6.07, 6.45) is 4.68. The number of allylic oxidation sites excluding steroid dienone is 2. The molecule has 3 nitrogen and oxygen atoms in total. The van der Waals surface area contributed by atoms with Gasteiger partial charge in [0, 0.05) is 0 Å². The third kappa shape index (κ3) is 4.15. The molecule has 2 unspecified atom stereocenters. The van der Waals surface area contributed by atoms with Crippen molar-refractivity contribution in [2.45, 2.75) is 46.1 Å². The number of ether oxygens (including phenoxy) is 1. The van der Waals surface area contributed by atoms with E-state index in [1.54, 1.807) is 0 Å². The Balaban J connectivity index is 2.46. The maximum Gasteiger partial charge on any atom is 0.325 e. The highest BCUT2D eigenvalue weighted by molar-refractivity contribution is 5.79. The van der Waals surface area contributed by atoms with Crippen molar-refractivity contribution in [3.8, 4) is 0 Å². The molecule has 0 saturated carbocycles. The van der Waals surface area contributed by atoms with Crippen molar-refractivity contribution in [1.82, 2.24) is 5.32 Å². The van der Waals surface area contributed by atoms with E-state index in [9.17, 15) is 4.79 Å². The number of hydrogen-bond acceptors (Lipinski definition) is 3. The molecule has 0 bridgehead atoms. The van der Waals surface area contributed by atoms with Crippen LogP contribution in [0, 0.1) is 11.8 Å². The van der Waals surface area contributed by atoms with Crippen molar-refractivity contribution in [3.63, 3.8) is 0 Å². The average molecular weight is 239 g/mol. The first-order valence-corrected chi connectivity index (χ1v) is 6.36. The highest BCUT2D eigenvalue weighted by atomic mass is 16.5. The molecule has 0 fully saturated rings. The molecule has 0 saturated heterocycles. The van der Waals surface area contributed by atoms with Gasteiger partial charge >= 0.3 is 5.97 Å². The topological polar surface area (TPSA) is 38.3 Å². The summed E-state index contributed by atoms with van der Waals surface area (Å²) in [7, 11) is 1.43. The second-order valence-corrected chi connectivity index (χ2v) is 5.79. The summed E-state index contributed by atoms with van der Waals surface area (Å²) in [5.74, 6) is 1.07. The molecular weight excluding hydrogens is 214 g/mol. The minimum atomic E-state index is -0.590. The molecule has 0 aromatic carbocycles. The van der Waals surface area contributed by atoms with Crippen LogP contribution < -0.4 is 5.32 Å². The van der Waals surface area contributed by atoms with Crippen LogP contribution >= 0.6 is 0 Å². The van der Waals surface area contributed by atoms with Crippen molar-refractivity contribution in [2.24, 2.45) is 11.8 Å². The molecule has 1 aliphatic carbocycles. The number of carbonyl (C=O) groups is 1. The lowest BCUT2D eigenvalue weighted by Crippen LogP contribution is -2.49. The van der Waals surface area contributed by atoms with Gasteiger partial charge in [0.15, 0.2) is 0 Å². The van der Waals surface area contributed by atoms with E-state index >= 15 is 0 Å². The average Bonchev–Trinajstić information content (AvgIpc) is 2.24. The first-order valence-electron chi connectivity index (χ1n) is 6.36. The normalized spacial score (nSPS) is 25.4. The van der Waals surface area contributed by atoms with Crippen molar-refractivity contribution >= 4 is 5.97 Å². The zero-order valence-electron chi connectivity index (χ0n) is 11.7. The molecule has 0 spiro atoms. The number of nitrogens with one attached hydrogen (secondary N) is 1. The molecule has 1 rings (SSSR count). The molecule has 3 heteroatoms. The van der Waals surface area contributed by atoms with E-state index in [1.807, 2.05) is 13.8 Å². The van der Waals surface area contributed by atoms with Gasteiger partial charge in [-0.2, -0.15) is 0 Å². The fourth-order valence-corrected chi connectivity index (χ4v) is 2.57. The van der Waals surface area contributed by atoms with Crippen molar-refractivity contribution in [3.05, 3.63) is 11.6 Å². The van der Waals surface area contributed by atoms with Gasteiger partial charge in [0.25, 0.3) is 0 Å². The fraction of sp³-hybridized carbons (Fsp3) is 0.786. The predicted molar refractivity (Wildman–Crippen MR) is 69.7 cm³/mol.